The second-order valence-corrected chi connectivity index (χ2v) is 5.97. The molecule has 0 aliphatic carbocycles. The first-order chi connectivity index (χ1) is 10.9. The summed E-state index contributed by atoms with van der Waals surface area (Å²) in [5.74, 6) is -0.369. The Balaban J connectivity index is 2.06. The molecular weight excluding hydrogens is 305 g/mol. The molecule has 0 radical (unpaired) electrons. The molecule has 1 aliphatic heterocycles. The van der Waals surface area contributed by atoms with E-state index in [1.165, 1.54) is 18.6 Å². The van der Waals surface area contributed by atoms with Crippen molar-refractivity contribution in [3.63, 3.8) is 0 Å². The minimum absolute atomic E-state index is 0.0712. The third-order valence-corrected chi connectivity index (χ3v) is 4.08. The van der Waals surface area contributed by atoms with Gasteiger partial charge < -0.3 is 0 Å². The summed E-state index contributed by atoms with van der Waals surface area (Å²) in [5, 5.41) is 0.985. The Morgan fingerprint density at radius 3 is 2.39 bits per heavy atom. The molecule has 1 fully saturated rings. The first kappa shape index (κ1) is 17.8. The molecule has 128 valence electrons. The number of nitrogens with one attached hydrogen (secondary N) is 1. The van der Waals surface area contributed by atoms with Crippen molar-refractivity contribution in [3.05, 3.63) is 35.4 Å². The molecule has 3 nitrogen and oxygen atoms in total. The van der Waals surface area contributed by atoms with E-state index in [0.717, 1.165) is 36.3 Å². The van der Waals surface area contributed by atoms with Crippen molar-refractivity contribution in [2.75, 3.05) is 6.54 Å². The van der Waals surface area contributed by atoms with Crippen molar-refractivity contribution < 1.29 is 18.0 Å². The Hall–Kier alpha value is -1.56. The zero-order valence-corrected chi connectivity index (χ0v) is 13.3. The number of hydrogen-bond acceptors (Lipinski definition) is 2. The van der Waals surface area contributed by atoms with Gasteiger partial charge in [-0.1, -0.05) is 50.5 Å². The number of carbonyl (C=O) groups excluding carboxylic acids is 1. The van der Waals surface area contributed by atoms with Gasteiger partial charge in [0.15, 0.2) is 0 Å². The maximum absolute atomic E-state index is 13.4. The molecule has 1 saturated heterocycles. The molecular formula is C17H23F3N2O. The summed E-state index contributed by atoms with van der Waals surface area (Å²) in [7, 11) is 0. The van der Waals surface area contributed by atoms with E-state index in [4.69, 9.17) is 0 Å². The number of carbonyl (C=O) groups is 1. The Labute approximate surface area is 134 Å². The average Bonchev–Trinajstić information content (AvgIpc) is 2.90. The summed E-state index contributed by atoms with van der Waals surface area (Å²) in [5.41, 5.74) is 3.51. The minimum Gasteiger partial charge on any atom is -0.288 e. The van der Waals surface area contributed by atoms with Crippen LogP contribution < -0.4 is 5.43 Å². The van der Waals surface area contributed by atoms with E-state index in [2.05, 4.69) is 12.3 Å². The van der Waals surface area contributed by atoms with Crippen LogP contribution in [0.15, 0.2) is 24.3 Å². The Kier molecular flexibility index (Phi) is 6.04. The van der Waals surface area contributed by atoms with Crippen LogP contribution in [0.25, 0.3) is 0 Å². The third kappa shape index (κ3) is 4.96. The van der Waals surface area contributed by atoms with Gasteiger partial charge in [-0.2, -0.15) is 13.2 Å². The first-order valence-corrected chi connectivity index (χ1v) is 8.13. The quantitative estimate of drug-likeness (QED) is 0.763. The molecule has 1 amide bonds. The van der Waals surface area contributed by atoms with E-state index in [0.29, 0.717) is 0 Å². The number of benzene rings is 1. The standard InChI is InChI=1S/C17H23F3N2O/c1-2-3-4-5-6-13-7-9-14(10-8-13)16(17(18,19)20)22-12-11-15(23)21-22/h7-10,16H,2-6,11-12H2,1H3,(H,21,23)/t16-/m0/s1. The van der Waals surface area contributed by atoms with Crippen LogP contribution in [0.5, 0.6) is 0 Å². The van der Waals surface area contributed by atoms with Gasteiger partial charge in [-0.05, 0) is 24.0 Å². The summed E-state index contributed by atoms with van der Waals surface area (Å²) in [6, 6.07) is 4.79. The maximum Gasteiger partial charge on any atom is 0.409 e. The number of alkyl halides is 3. The Morgan fingerprint density at radius 1 is 1.17 bits per heavy atom. The van der Waals surface area contributed by atoms with Gasteiger partial charge in [-0.25, -0.2) is 5.01 Å². The summed E-state index contributed by atoms with van der Waals surface area (Å²) >= 11 is 0. The van der Waals surface area contributed by atoms with Gasteiger partial charge in [0.2, 0.25) is 5.91 Å². The molecule has 1 aliphatic rings. The van der Waals surface area contributed by atoms with Crippen LogP contribution >= 0.6 is 0 Å². The Morgan fingerprint density at radius 2 is 1.87 bits per heavy atom. The molecule has 2 rings (SSSR count). The number of amides is 1. The molecule has 1 N–H and O–H groups in total. The normalized spacial score (nSPS) is 17.3. The molecule has 6 heteroatoms. The van der Waals surface area contributed by atoms with Crippen molar-refractivity contribution >= 4 is 5.91 Å². The van der Waals surface area contributed by atoms with E-state index in [1.807, 2.05) is 0 Å². The largest absolute Gasteiger partial charge is 0.409 e. The van der Waals surface area contributed by atoms with Crippen LogP contribution in [0, 0.1) is 0 Å². The fourth-order valence-corrected chi connectivity index (χ4v) is 2.86. The van der Waals surface area contributed by atoms with E-state index < -0.39 is 12.2 Å². The summed E-state index contributed by atoms with van der Waals surface area (Å²) in [4.78, 5) is 11.2. The molecule has 1 atom stereocenters. The van der Waals surface area contributed by atoms with Crippen molar-refractivity contribution in [1.29, 1.82) is 0 Å². The predicted molar refractivity (Wildman–Crippen MR) is 82.5 cm³/mol. The number of unbranched alkanes of at least 4 members (excludes halogenated alkanes) is 3. The van der Waals surface area contributed by atoms with Crippen molar-refractivity contribution in [3.8, 4) is 0 Å². The van der Waals surface area contributed by atoms with Gasteiger partial charge >= 0.3 is 6.18 Å². The van der Waals surface area contributed by atoms with E-state index >= 15 is 0 Å². The minimum atomic E-state index is -4.43. The first-order valence-electron chi connectivity index (χ1n) is 8.13. The van der Waals surface area contributed by atoms with Gasteiger partial charge in [-0.3, -0.25) is 10.2 Å². The number of rotatable bonds is 7. The molecule has 0 aromatic heterocycles. The number of halogens is 3. The fraction of sp³-hybridized carbons (Fsp3) is 0.588. The zero-order valence-electron chi connectivity index (χ0n) is 13.3. The number of hydrogen-bond donors (Lipinski definition) is 1. The number of aryl methyl sites for hydroxylation is 1. The van der Waals surface area contributed by atoms with Gasteiger partial charge in [0.05, 0.1) is 0 Å². The smallest absolute Gasteiger partial charge is 0.288 e. The third-order valence-electron chi connectivity index (χ3n) is 4.08. The average molecular weight is 328 g/mol. The van der Waals surface area contributed by atoms with Crippen LogP contribution in [0.4, 0.5) is 13.2 Å². The van der Waals surface area contributed by atoms with Crippen LogP contribution in [0.2, 0.25) is 0 Å². The number of nitrogens with zero attached hydrogens (tertiary/aromatic N) is 1. The van der Waals surface area contributed by atoms with E-state index in [1.54, 1.807) is 12.1 Å². The van der Waals surface area contributed by atoms with Crippen LogP contribution in [0.1, 0.15) is 56.2 Å². The van der Waals surface area contributed by atoms with Gasteiger partial charge in [0, 0.05) is 13.0 Å². The molecule has 1 aromatic rings. The van der Waals surface area contributed by atoms with Gasteiger partial charge in [0.25, 0.3) is 0 Å². The molecule has 0 unspecified atom stereocenters. The highest BCUT2D eigenvalue weighted by atomic mass is 19.4. The summed E-state index contributed by atoms with van der Waals surface area (Å²) in [6.45, 7) is 2.21. The summed E-state index contributed by atoms with van der Waals surface area (Å²) in [6.07, 6.45) is 1.09. The molecule has 23 heavy (non-hydrogen) atoms. The highest BCUT2D eigenvalue weighted by Gasteiger charge is 2.46. The topological polar surface area (TPSA) is 32.3 Å². The lowest BCUT2D eigenvalue weighted by molar-refractivity contribution is -0.191. The van der Waals surface area contributed by atoms with E-state index in [-0.39, 0.29) is 24.4 Å². The van der Waals surface area contributed by atoms with Crippen LogP contribution in [-0.2, 0) is 11.2 Å². The highest BCUT2D eigenvalue weighted by Crippen LogP contribution is 2.37. The van der Waals surface area contributed by atoms with Crippen LogP contribution in [-0.4, -0.2) is 23.6 Å². The molecule has 0 spiro atoms. The SMILES string of the molecule is CCCCCCc1ccc([C@H](N2CCC(=O)N2)C(F)(F)F)cc1. The van der Waals surface area contributed by atoms with Crippen molar-refractivity contribution in [2.45, 2.75) is 57.7 Å². The maximum atomic E-state index is 13.4. The fourth-order valence-electron chi connectivity index (χ4n) is 2.86. The molecule has 1 aromatic carbocycles. The Bertz CT molecular complexity index is 514. The molecule has 1 heterocycles. The van der Waals surface area contributed by atoms with Gasteiger partial charge in [0.1, 0.15) is 6.04 Å². The summed E-state index contributed by atoms with van der Waals surface area (Å²) < 4.78 is 40.1. The van der Waals surface area contributed by atoms with Crippen LogP contribution in [0.3, 0.4) is 0 Å². The lowest BCUT2D eigenvalue weighted by Gasteiger charge is -2.29. The number of hydrazine groups is 1. The van der Waals surface area contributed by atoms with Crippen molar-refractivity contribution in [2.24, 2.45) is 0 Å². The molecule has 0 saturated carbocycles. The lowest BCUT2D eigenvalue weighted by atomic mass is 10.0. The van der Waals surface area contributed by atoms with Gasteiger partial charge in [-0.15, -0.1) is 0 Å². The van der Waals surface area contributed by atoms with E-state index in [9.17, 15) is 18.0 Å². The second kappa shape index (κ2) is 7.81. The second-order valence-electron chi connectivity index (χ2n) is 5.97. The lowest BCUT2D eigenvalue weighted by Crippen LogP contribution is -2.43. The zero-order chi connectivity index (χ0) is 16.9. The van der Waals surface area contributed by atoms with Crippen molar-refractivity contribution in [1.82, 2.24) is 10.4 Å². The monoisotopic (exact) mass is 328 g/mol. The molecule has 0 bridgehead atoms. The predicted octanol–water partition coefficient (Wildman–Crippen LogP) is 4.15. The highest BCUT2D eigenvalue weighted by molar-refractivity contribution is 5.77.